The van der Waals surface area contributed by atoms with Crippen molar-refractivity contribution in [2.24, 2.45) is 5.73 Å². The van der Waals surface area contributed by atoms with Crippen LogP contribution in [0.3, 0.4) is 0 Å². The molecule has 0 saturated carbocycles. The van der Waals surface area contributed by atoms with E-state index >= 15 is 0 Å². The highest BCUT2D eigenvalue weighted by atomic mass is 16.2. The van der Waals surface area contributed by atoms with Gasteiger partial charge in [-0.3, -0.25) is 14.4 Å². The molecular formula is C23H31N5O4. The summed E-state index contributed by atoms with van der Waals surface area (Å²) in [6.45, 7) is 7.65. The number of primary amides is 1. The average molecular weight is 442 g/mol. The van der Waals surface area contributed by atoms with Crippen LogP contribution in [0.2, 0.25) is 0 Å². The smallest absolute Gasteiger partial charge is 0.315 e. The van der Waals surface area contributed by atoms with Crippen molar-refractivity contribution in [2.45, 2.75) is 44.8 Å². The molecule has 2 rings (SSSR count). The number of hydrogen-bond acceptors (Lipinski definition) is 4. The number of carbonyl (C=O) groups excluding carboxylic acids is 4. The molecule has 1 heterocycles. The van der Waals surface area contributed by atoms with Gasteiger partial charge in [-0.15, -0.1) is 6.58 Å². The minimum absolute atomic E-state index is 0.217. The molecule has 1 aliphatic heterocycles. The van der Waals surface area contributed by atoms with E-state index in [2.05, 4.69) is 22.5 Å². The van der Waals surface area contributed by atoms with E-state index in [1.807, 2.05) is 30.3 Å². The maximum absolute atomic E-state index is 13.2. The fourth-order valence-electron chi connectivity index (χ4n) is 3.56. The number of likely N-dealkylation sites (tertiary alicyclic amines) is 1. The number of nitrogens with zero attached hydrogens (tertiary/aromatic N) is 1. The number of nitrogens with two attached hydrogens (primary N) is 1. The van der Waals surface area contributed by atoms with Crippen LogP contribution in [0.15, 0.2) is 54.6 Å². The summed E-state index contributed by atoms with van der Waals surface area (Å²) in [6.07, 6.45) is 3.58. The van der Waals surface area contributed by atoms with Crippen molar-refractivity contribution in [1.29, 1.82) is 0 Å². The van der Waals surface area contributed by atoms with Gasteiger partial charge in [-0.05, 0) is 25.8 Å². The third kappa shape index (κ3) is 6.97. The predicted octanol–water partition coefficient (Wildman–Crippen LogP) is 0.620. The van der Waals surface area contributed by atoms with E-state index in [0.717, 1.165) is 11.1 Å². The molecule has 5 amide bonds. The fourth-order valence-corrected chi connectivity index (χ4v) is 3.56. The van der Waals surface area contributed by atoms with Crippen LogP contribution in [0.25, 0.3) is 0 Å². The summed E-state index contributed by atoms with van der Waals surface area (Å²) in [4.78, 5) is 51.5. The molecular weight excluding hydrogens is 410 g/mol. The van der Waals surface area contributed by atoms with Crippen molar-refractivity contribution in [3.05, 3.63) is 60.2 Å². The van der Waals surface area contributed by atoms with E-state index in [4.69, 9.17) is 5.73 Å². The maximum atomic E-state index is 13.2. The minimum atomic E-state index is -0.981. The summed E-state index contributed by atoms with van der Waals surface area (Å²) in [5.41, 5.74) is 7.15. The first-order valence-electron chi connectivity index (χ1n) is 10.5. The standard InChI is InChI=1S/C23H31N5O4/c1-4-11-25-23(32)27-17-10-12-28(19(29)13-15(2)3)20(17)22(31)26-18(21(24)30)14-16-8-6-5-7-9-16/h4-9,13,17-18,20H,1,10-12,14H2,2-3H3,(H2,24,30)(H,26,31)(H2,25,27,32)/t17-,18+,20-/m0/s1. The highest BCUT2D eigenvalue weighted by Crippen LogP contribution is 2.20. The molecule has 1 fully saturated rings. The number of amides is 5. The molecule has 32 heavy (non-hydrogen) atoms. The summed E-state index contributed by atoms with van der Waals surface area (Å²) in [6, 6.07) is 6.13. The number of carbonyl (C=O) groups is 4. The van der Waals surface area contributed by atoms with Crippen molar-refractivity contribution in [3.63, 3.8) is 0 Å². The number of nitrogens with one attached hydrogen (secondary N) is 3. The second-order valence-corrected chi connectivity index (χ2v) is 7.89. The van der Waals surface area contributed by atoms with Gasteiger partial charge in [-0.1, -0.05) is 42.0 Å². The topological polar surface area (TPSA) is 134 Å². The molecule has 5 N–H and O–H groups in total. The normalized spacial score (nSPS) is 18.2. The summed E-state index contributed by atoms with van der Waals surface area (Å²) in [7, 11) is 0. The Bertz CT molecular complexity index is 880. The number of allylic oxidation sites excluding steroid dienone is 1. The van der Waals surface area contributed by atoms with Gasteiger partial charge in [0.05, 0.1) is 6.04 Å². The SMILES string of the molecule is C=CCNC(=O)N[C@H]1CCN(C(=O)C=C(C)C)[C@@H]1C(=O)N[C@H](Cc1ccccc1)C(N)=O. The van der Waals surface area contributed by atoms with E-state index in [9.17, 15) is 19.2 Å². The summed E-state index contributed by atoms with van der Waals surface area (Å²) in [5.74, 6) is -1.57. The Labute approximate surface area is 188 Å². The number of rotatable bonds is 9. The fraction of sp³-hybridized carbons (Fsp3) is 0.391. The van der Waals surface area contributed by atoms with Gasteiger partial charge < -0.3 is 26.6 Å². The first kappa shape index (κ1) is 24.6. The Morgan fingerprint density at radius 2 is 1.91 bits per heavy atom. The molecule has 172 valence electrons. The Balaban J connectivity index is 2.22. The second kappa shape index (κ2) is 11.7. The zero-order valence-electron chi connectivity index (χ0n) is 18.5. The molecule has 1 aromatic rings. The minimum Gasteiger partial charge on any atom is -0.368 e. The van der Waals surface area contributed by atoms with Gasteiger partial charge in [0.2, 0.25) is 17.7 Å². The van der Waals surface area contributed by atoms with Gasteiger partial charge in [0.25, 0.3) is 0 Å². The largest absolute Gasteiger partial charge is 0.368 e. The highest BCUT2D eigenvalue weighted by Gasteiger charge is 2.43. The lowest BCUT2D eigenvalue weighted by Crippen LogP contribution is -2.59. The Morgan fingerprint density at radius 1 is 1.22 bits per heavy atom. The summed E-state index contributed by atoms with van der Waals surface area (Å²) < 4.78 is 0. The van der Waals surface area contributed by atoms with E-state index in [0.29, 0.717) is 6.42 Å². The number of hydrogen-bond donors (Lipinski definition) is 4. The van der Waals surface area contributed by atoms with Crippen LogP contribution in [0.4, 0.5) is 4.79 Å². The third-order valence-electron chi connectivity index (χ3n) is 5.03. The second-order valence-electron chi connectivity index (χ2n) is 7.89. The predicted molar refractivity (Wildman–Crippen MR) is 121 cm³/mol. The summed E-state index contributed by atoms with van der Waals surface area (Å²) >= 11 is 0. The molecule has 3 atom stereocenters. The van der Waals surface area contributed by atoms with Gasteiger partial charge in [0.15, 0.2) is 0 Å². The summed E-state index contributed by atoms with van der Waals surface area (Å²) in [5, 5.41) is 8.02. The maximum Gasteiger partial charge on any atom is 0.315 e. The lowest BCUT2D eigenvalue weighted by atomic mass is 10.0. The van der Waals surface area contributed by atoms with Gasteiger partial charge in [-0.2, -0.15) is 0 Å². The average Bonchev–Trinajstić information content (AvgIpc) is 3.15. The molecule has 1 aromatic carbocycles. The molecule has 0 aromatic heterocycles. The van der Waals surface area contributed by atoms with Crippen molar-refractivity contribution in [3.8, 4) is 0 Å². The zero-order valence-corrected chi connectivity index (χ0v) is 18.5. The van der Waals surface area contributed by atoms with Gasteiger partial charge in [0, 0.05) is 25.6 Å². The molecule has 0 bridgehead atoms. The van der Waals surface area contributed by atoms with Crippen LogP contribution in [-0.4, -0.2) is 59.9 Å². The highest BCUT2D eigenvalue weighted by molar-refractivity contribution is 5.96. The third-order valence-corrected chi connectivity index (χ3v) is 5.03. The molecule has 1 aliphatic rings. The van der Waals surface area contributed by atoms with Crippen molar-refractivity contribution in [2.75, 3.05) is 13.1 Å². The number of urea groups is 1. The van der Waals surface area contributed by atoms with Gasteiger partial charge >= 0.3 is 6.03 Å². The lowest BCUT2D eigenvalue weighted by Gasteiger charge is -2.28. The molecule has 9 heteroatoms. The van der Waals surface area contributed by atoms with Crippen LogP contribution in [-0.2, 0) is 20.8 Å². The quantitative estimate of drug-likeness (QED) is 0.330. The van der Waals surface area contributed by atoms with E-state index in [-0.39, 0.29) is 25.4 Å². The zero-order chi connectivity index (χ0) is 23.7. The van der Waals surface area contributed by atoms with Gasteiger partial charge in [-0.25, -0.2) is 4.79 Å². The van der Waals surface area contributed by atoms with E-state index in [1.54, 1.807) is 13.8 Å². The monoisotopic (exact) mass is 441 g/mol. The van der Waals surface area contributed by atoms with Crippen LogP contribution in [0.5, 0.6) is 0 Å². The Morgan fingerprint density at radius 3 is 2.50 bits per heavy atom. The van der Waals surface area contributed by atoms with Gasteiger partial charge in [0.1, 0.15) is 12.1 Å². The lowest BCUT2D eigenvalue weighted by molar-refractivity contribution is -0.137. The van der Waals surface area contributed by atoms with Crippen molar-refractivity contribution in [1.82, 2.24) is 20.9 Å². The van der Waals surface area contributed by atoms with Crippen molar-refractivity contribution < 1.29 is 19.2 Å². The molecule has 0 unspecified atom stereocenters. The van der Waals surface area contributed by atoms with Crippen molar-refractivity contribution >= 4 is 23.8 Å². The number of benzene rings is 1. The molecule has 0 spiro atoms. The van der Waals surface area contributed by atoms with Crippen LogP contribution < -0.4 is 21.7 Å². The molecule has 1 saturated heterocycles. The Kier molecular flexibility index (Phi) is 9.00. The van der Waals surface area contributed by atoms with Crippen LogP contribution in [0.1, 0.15) is 25.8 Å². The first-order valence-corrected chi connectivity index (χ1v) is 10.5. The molecule has 9 nitrogen and oxygen atoms in total. The molecule has 0 aliphatic carbocycles. The first-order chi connectivity index (χ1) is 15.2. The Hall–Kier alpha value is -3.62. The van der Waals surface area contributed by atoms with E-state index in [1.165, 1.54) is 17.1 Å². The van der Waals surface area contributed by atoms with Crippen LogP contribution >= 0.6 is 0 Å². The van der Waals surface area contributed by atoms with E-state index < -0.39 is 36.0 Å². The van der Waals surface area contributed by atoms with Crippen LogP contribution in [0, 0.1) is 0 Å². The molecule has 0 radical (unpaired) electrons.